The Morgan fingerprint density at radius 1 is 1.07 bits per heavy atom. The zero-order valence-electron chi connectivity index (χ0n) is 16.5. The molecule has 5 heteroatoms. The number of para-hydroxylation sites is 2. The van der Waals surface area contributed by atoms with E-state index in [4.69, 9.17) is 4.98 Å². The van der Waals surface area contributed by atoms with Gasteiger partial charge in [0.2, 0.25) is 5.78 Å². The van der Waals surface area contributed by atoms with Crippen LogP contribution in [0, 0.1) is 6.92 Å². The Labute approximate surface area is 163 Å². The van der Waals surface area contributed by atoms with Gasteiger partial charge in [0.15, 0.2) is 0 Å². The Morgan fingerprint density at radius 3 is 2.82 bits per heavy atom. The van der Waals surface area contributed by atoms with E-state index in [0.29, 0.717) is 12.2 Å². The number of aryl methyl sites for hydroxylation is 1. The predicted octanol–water partition coefficient (Wildman–Crippen LogP) is 4.80. The molecule has 0 bridgehead atoms. The molecule has 0 saturated carbocycles. The van der Waals surface area contributed by atoms with Gasteiger partial charge in [-0.1, -0.05) is 18.2 Å². The van der Waals surface area contributed by atoms with E-state index in [1.54, 1.807) is 0 Å². The van der Waals surface area contributed by atoms with E-state index in [1.165, 1.54) is 58.5 Å². The van der Waals surface area contributed by atoms with Gasteiger partial charge in [-0.05, 0) is 56.9 Å². The minimum atomic E-state index is 0.364. The van der Waals surface area contributed by atoms with Gasteiger partial charge in [0.25, 0.3) is 0 Å². The van der Waals surface area contributed by atoms with E-state index in [1.807, 2.05) is 0 Å². The summed E-state index contributed by atoms with van der Waals surface area (Å²) < 4.78 is 4.92. The summed E-state index contributed by atoms with van der Waals surface area (Å²) in [6.45, 7) is 4.59. The molecule has 7 rings (SSSR count). The van der Waals surface area contributed by atoms with Crippen LogP contribution >= 0.6 is 0 Å². The van der Waals surface area contributed by atoms with Gasteiger partial charge < -0.3 is 9.80 Å². The first-order valence-corrected chi connectivity index (χ1v) is 10.3. The minimum Gasteiger partial charge on any atom is -0.356 e. The maximum atomic E-state index is 5.10. The quantitative estimate of drug-likeness (QED) is 0.446. The van der Waals surface area contributed by atoms with Crippen molar-refractivity contribution < 1.29 is 0 Å². The fraction of sp³-hybridized carbons (Fsp3) is 0.348. The number of benzene rings is 2. The van der Waals surface area contributed by atoms with Crippen molar-refractivity contribution in [2.75, 3.05) is 11.9 Å². The molecule has 0 saturated heterocycles. The number of hydrogen-bond donors (Lipinski definition) is 0. The van der Waals surface area contributed by atoms with Gasteiger partial charge in [-0.25, -0.2) is 4.98 Å². The second kappa shape index (κ2) is 4.72. The molecule has 2 aromatic heterocycles. The van der Waals surface area contributed by atoms with Crippen LogP contribution < -0.4 is 4.90 Å². The summed E-state index contributed by atoms with van der Waals surface area (Å²) in [5, 5.41) is 0. The van der Waals surface area contributed by atoms with Crippen LogP contribution in [0.4, 0.5) is 5.69 Å². The van der Waals surface area contributed by atoms with E-state index >= 15 is 0 Å². The average molecular weight is 369 g/mol. The number of imidazole rings is 2. The van der Waals surface area contributed by atoms with Crippen LogP contribution in [-0.2, 0) is 0 Å². The smallest absolute Gasteiger partial charge is 0.216 e. The third kappa shape index (κ3) is 1.48. The number of rotatable bonds is 0. The molecule has 3 aliphatic rings. The van der Waals surface area contributed by atoms with Crippen molar-refractivity contribution in [2.24, 2.45) is 0 Å². The number of hydrogen-bond acceptors (Lipinski definition) is 3. The van der Waals surface area contributed by atoms with Crippen LogP contribution in [-0.4, -0.2) is 32.1 Å². The molecular weight excluding hydrogens is 346 g/mol. The van der Waals surface area contributed by atoms with Crippen molar-refractivity contribution in [3.8, 4) is 0 Å². The number of nitrogens with zero attached hydrogens (tertiary/aromatic N) is 5. The topological polar surface area (TPSA) is 28.7 Å². The van der Waals surface area contributed by atoms with Crippen molar-refractivity contribution in [1.29, 1.82) is 0 Å². The monoisotopic (exact) mass is 369 g/mol. The lowest BCUT2D eigenvalue weighted by atomic mass is 9.93. The summed E-state index contributed by atoms with van der Waals surface area (Å²) >= 11 is 0. The van der Waals surface area contributed by atoms with Crippen molar-refractivity contribution >= 4 is 33.5 Å². The highest BCUT2D eigenvalue weighted by Gasteiger charge is 2.46. The molecule has 0 fully saturated rings. The first-order chi connectivity index (χ1) is 13.7. The predicted molar refractivity (Wildman–Crippen MR) is 113 cm³/mol. The zero-order chi connectivity index (χ0) is 18.7. The molecule has 4 heterocycles. The average Bonchev–Trinajstić information content (AvgIpc) is 3.32. The maximum absolute atomic E-state index is 5.10. The van der Waals surface area contributed by atoms with Crippen molar-refractivity contribution in [3.05, 3.63) is 53.4 Å². The lowest BCUT2D eigenvalue weighted by Gasteiger charge is -2.39. The SMILES string of the molecule is Cc1ccc2c3c1N1C4=C(CCCC4n3c3nc4ccccc4n23)N(C)[C@@H]1C. The van der Waals surface area contributed by atoms with Gasteiger partial charge >= 0.3 is 0 Å². The highest BCUT2D eigenvalue weighted by Crippen LogP contribution is 2.53. The molecule has 5 nitrogen and oxygen atoms in total. The van der Waals surface area contributed by atoms with Gasteiger partial charge in [-0.2, -0.15) is 0 Å². The molecule has 0 N–H and O–H groups in total. The molecule has 1 aliphatic carbocycles. The minimum absolute atomic E-state index is 0.364. The van der Waals surface area contributed by atoms with Crippen molar-refractivity contribution in [3.63, 3.8) is 0 Å². The van der Waals surface area contributed by atoms with E-state index in [2.05, 4.69) is 76.1 Å². The summed E-state index contributed by atoms with van der Waals surface area (Å²) in [6, 6.07) is 13.5. The van der Waals surface area contributed by atoms with Gasteiger partial charge in [-0.15, -0.1) is 0 Å². The first kappa shape index (κ1) is 15.0. The molecule has 4 aromatic rings. The van der Waals surface area contributed by atoms with Gasteiger partial charge in [-0.3, -0.25) is 8.97 Å². The lowest BCUT2D eigenvalue weighted by Crippen LogP contribution is -2.39. The third-order valence-corrected chi connectivity index (χ3v) is 7.25. The van der Waals surface area contributed by atoms with E-state index < -0.39 is 0 Å². The van der Waals surface area contributed by atoms with Gasteiger partial charge in [0.05, 0.1) is 39.5 Å². The summed E-state index contributed by atoms with van der Waals surface area (Å²) in [7, 11) is 2.26. The Kier molecular flexibility index (Phi) is 2.53. The van der Waals surface area contributed by atoms with E-state index in [0.717, 1.165) is 11.3 Å². The Balaban J connectivity index is 1.73. The van der Waals surface area contributed by atoms with Crippen LogP contribution in [0.15, 0.2) is 47.8 Å². The molecule has 140 valence electrons. The highest BCUT2D eigenvalue weighted by molar-refractivity contribution is 6.00. The molecule has 0 radical (unpaired) electrons. The molecule has 28 heavy (non-hydrogen) atoms. The van der Waals surface area contributed by atoms with Crippen molar-refractivity contribution in [1.82, 2.24) is 18.9 Å². The Bertz CT molecular complexity index is 1350. The van der Waals surface area contributed by atoms with Gasteiger partial charge in [0, 0.05) is 12.7 Å². The molecule has 0 amide bonds. The number of fused-ring (bicyclic) bond motifs is 7. The fourth-order valence-corrected chi connectivity index (χ4v) is 5.93. The van der Waals surface area contributed by atoms with E-state index in [-0.39, 0.29) is 0 Å². The molecule has 1 unspecified atom stereocenters. The molecule has 2 aliphatic heterocycles. The molecule has 2 aromatic carbocycles. The van der Waals surface area contributed by atoms with Crippen LogP contribution in [0.3, 0.4) is 0 Å². The molecule has 2 atom stereocenters. The second-order valence-electron chi connectivity index (χ2n) is 8.56. The number of aromatic nitrogens is 3. The summed E-state index contributed by atoms with van der Waals surface area (Å²) in [6.07, 6.45) is 3.97. The lowest BCUT2D eigenvalue weighted by molar-refractivity contribution is 0.343. The third-order valence-electron chi connectivity index (χ3n) is 7.25. The first-order valence-electron chi connectivity index (χ1n) is 10.3. The fourth-order valence-electron chi connectivity index (χ4n) is 5.93. The number of anilines is 1. The van der Waals surface area contributed by atoms with Crippen LogP contribution in [0.1, 0.15) is 37.8 Å². The second-order valence-corrected chi connectivity index (χ2v) is 8.56. The summed E-state index contributed by atoms with van der Waals surface area (Å²) in [5.74, 6) is 1.09. The Morgan fingerprint density at radius 2 is 1.93 bits per heavy atom. The van der Waals surface area contributed by atoms with E-state index in [9.17, 15) is 0 Å². The maximum Gasteiger partial charge on any atom is 0.216 e. The standard InChI is InChI=1S/C23H23N5/c1-13-11-12-19-22-20(13)26-14(2)25(3)17-9-6-10-18(21(17)26)28(22)23-24-15-7-4-5-8-16(15)27(19)23/h4-5,7-8,11-12,14,18H,6,9-10H2,1-3H3/t14-,18?/m0/s1. The van der Waals surface area contributed by atoms with Gasteiger partial charge in [0.1, 0.15) is 6.17 Å². The van der Waals surface area contributed by atoms with Crippen LogP contribution in [0.25, 0.3) is 27.8 Å². The number of allylic oxidation sites excluding steroid dienone is 2. The largest absolute Gasteiger partial charge is 0.356 e. The molecule has 0 spiro atoms. The van der Waals surface area contributed by atoms with Crippen molar-refractivity contribution in [2.45, 2.75) is 45.3 Å². The zero-order valence-corrected chi connectivity index (χ0v) is 16.5. The summed E-state index contributed by atoms with van der Waals surface area (Å²) in [5.41, 5.74) is 10.7. The summed E-state index contributed by atoms with van der Waals surface area (Å²) in [4.78, 5) is 10.2. The highest BCUT2D eigenvalue weighted by atomic mass is 15.4. The Hall–Kier alpha value is -2.95. The van der Waals surface area contributed by atoms with Crippen LogP contribution in [0.2, 0.25) is 0 Å². The molecular formula is C23H23N5. The van der Waals surface area contributed by atoms with Crippen LogP contribution in [0.5, 0.6) is 0 Å². The normalized spacial score (nSPS) is 23.5.